The molecule has 0 aromatic heterocycles. The van der Waals surface area contributed by atoms with Crippen molar-refractivity contribution in [2.45, 2.75) is 6.42 Å². The second kappa shape index (κ2) is 4.19. The van der Waals surface area contributed by atoms with Gasteiger partial charge in [0, 0.05) is 17.0 Å². The zero-order valence-corrected chi connectivity index (χ0v) is 8.76. The fourth-order valence-electron chi connectivity index (χ4n) is 1.78. The Bertz CT molecular complexity index is 647. The van der Waals surface area contributed by atoms with Gasteiger partial charge in [-0.15, -0.1) is 0 Å². The topological polar surface area (TPSA) is 0 Å². The molecule has 2 aromatic rings. The molecule has 0 spiro atoms. The Morgan fingerprint density at radius 2 is 1.33 bits per heavy atom. The summed E-state index contributed by atoms with van der Waals surface area (Å²) in [5.74, 6) is -10.3. The lowest BCUT2D eigenvalue weighted by Gasteiger charge is -2.11. The molecule has 0 aliphatic heterocycles. The third-order valence-electron chi connectivity index (χ3n) is 2.59. The van der Waals surface area contributed by atoms with Gasteiger partial charge in [-0.1, -0.05) is 0 Å². The predicted octanol–water partition coefficient (Wildman–Crippen LogP) is 4.05. The van der Waals surface area contributed by atoms with Gasteiger partial charge in [-0.05, 0) is 13.3 Å². The van der Waals surface area contributed by atoms with Crippen LogP contribution in [0.1, 0.15) is 5.56 Å². The molecule has 0 unspecified atom stereocenters. The van der Waals surface area contributed by atoms with E-state index in [0.29, 0.717) is 0 Å². The first-order chi connectivity index (χ1) is 8.40. The maximum Gasteiger partial charge on any atom is 0.195 e. The number of rotatable bonds is 1. The Kier molecular flexibility index (Phi) is 2.96. The van der Waals surface area contributed by atoms with E-state index in [4.69, 9.17) is 0 Å². The van der Waals surface area contributed by atoms with Crippen LogP contribution in [0.2, 0.25) is 0 Å². The summed E-state index contributed by atoms with van der Waals surface area (Å²) in [4.78, 5) is 0. The Morgan fingerprint density at radius 1 is 0.722 bits per heavy atom. The fraction of sp³-hybridized carbons (Fsp3) is 0.0833. The highest BCUT2D eigenvalue weighted by Crippen LogP contribution is 2.33. The molecule has 0 atom stereocenters. The Labute approximate surface area is 97.8 Å². The predicted molar refractivity (Wildman–Crippen MR) is 52.8 cm³/mol. The Balaban J connectivity index is 3.15. The van der Waals surface area contributed by atoms with Gasteiger partial charge in [0.25, 0.3) is 0 Å². The van der Waals surface area contributed by atoms with Crippen LogP contribution >= 0.6 is 0 Å². The molecular weight excluding hydrogens is 258 g/mol. The van der Waals surface area contributed by atoms with Crippen molar-refractivity contribution in [2.24, 2.45) is 0 Å². The van der Waals surface area contributed by atoms with Gasteiger partial charge in [-0.3, -0.25) is 0 Å². The normalized spacial score (nSPS) is 11.3. The van der Waals surface area contributed by atoms with E-state index < -0.39 is 57.7 Å². The van der Waals surface area contributed by atoms with E-state index in [1.807, 2.05) is 0 Å². The van der Waals surface area contributed by atoms with Gasteiger partial charge in [0.2, 0.25) is 0 Å². The molecule has 0 heterocycles. The van der Waals surface area contributed by atoms with Crippen molar-refractivity contribution in [1.29, 1.82) is 0 Å². The molecule has 0 saturated carbocycles. The number of hydrogen-bond acceptors (Lipinski definition) is 0. The van der Waals surface area contributed by atoms with Crippen LogP contribution in [-0.4, -0.2) is 0 Å². The summed E-state index contributed by atoms with van der Waals surface area (Å²) in [7, 11) is 0. The standard InChI is InChI=1S/C12H5F6/c1-2-4-7-8(11(17)12(18)9(4)15)5(13)3-6(14)10(7)16/h3H,1-2H2. The third kappa shape index (κ3) is 1.55. The van der Waals surface area contributed by atoms with Crippen molar-refractivity contribution in [1.82, 2.24) is 0 Å². The van der Waals surface area contributed by atoms with Crippen molar-refractivity contribution in [3.8, 4) is 0 Å². The molecule has 0 aliphatic carbocycles. The smallest absolute Gasteiger partial charge is 0.195 e. The molecule has 2 rings (SSSR count). The number of benzene rings is 2. The van der Waals surface area contributed by atoms with E-state index in [9.17, 15) is 26.3 Å². The summed E-state index contributed by atoms with van der Waals surface area (Å²) in [6, 6.07) is 0.0744. The van der Waals surface area contributed by atoms with Crippen LogP contribution in [0.3, 0.4) is 0 Å². The molecule has 0 amide bonds. The van der Waals surface area contributed by atoms with Crippen molar-refractivity contribution >= 4 is 10.8 Å². The van der Waals surface area contributed by atoms with Gasteiger partial charge >= 0.3 is 0 Å². The fourth-order valence-corrected chi connectivity index (χ4v) is 1.78. The van der Waals surface area contributed by atoms with Gasteiger partial charge in [0.05, 0.1) is 5.39 Å². The number of fused-ring (bicyclic) bond motifs is 1. The largest absolute Gasteiger partial charge is 0.206 e. The van der Waals surface area contributed by atoms with E-state index in [0.717, 1.165) is 0 Å². The van der Waals surface area contributed by atoms with Crippen molar-refractivity contribution in [3.05, 3.63) is 53.5 Å². The van der Waals surface area contributed by atoms with Crippen LogP contribution in [0, 0.1) is 41.8 Å². The second-order valence-electron chi connectivity index (χ2n) is 3.57. The third-order valence-corrected chi connectivity index (χ3v) is 2.59. The molecule has 18 heavy (non-hydrogen) atoms. The van der Waals surface area contributed by atoms with E-state index in [-0.39, 0.29) is 6.07 Å². The summed E-state index contributed by atoms with van der Waals surface area (Å²) in [6.07, 6.45) is -0.487. The molecule has 0 bridgehead atoms. The van der Waals surface area contributed by atoms with Crippen LogP contribution < -0.4 is 0 Å². The molecule has 0 saturated heterocycles. The van der Waals surface area contributed by atoms with Gasteiger partial charge in [0.15, 0.2) is 29.1 Å². The first kappa shape index (κ1) is 12.7. The van der Waals surface area contributed by atoms with Crippen molar-refractivity contribution in [3.63, 3.8) is 0 Å². The van der Waals surface area contributed by atoms with Crippen LogP contribution in [0.4, 0.5) is 26.3 Å². The molecular formula is C12H5F6. The quantitative estimate of drug-likeness (QED) is 0.413. The lowest BCUT2D eigenvalue weighted by Crippen LogP contribution is -2.04. The van der Waals surface area contributed by atoms with Crippen LogP contribution in [0.15, 0.2) is 6.07 Å². The average molecular weight is 263 g/mol. The van der Waals surface area contributed by atoms with E-state index in [1.165, 1.54) is 0 Å². The lowest BCUT2D eigenvalue weighted by molar-refractivity contribution is 0.443. The second-order valence-corrected chi connectivity index (χ2v) is 3.57. The number of hydrogen-bond donors (Lipinski definition) is 0. The maximum atomic E-state index is 13.5. The molecule has 1 radical (unpaired) electrons. The summed E-state index contributed by atoms with van der Waals surface area (Å²) < 4.78 is 79.8. The molecule has 0 N–H and O–H groups in total. The minimum absolute atomic E-state index is 0.0744. The molecule has 6 heteroatoms. The van der Waals surface area contributed by atoms with Gasteiger partial charge in [0.1, 0.15) is 5.82 Å². The first-order valence-corrected chi connectivity index (χ1v) is 4.81. The van der Waals surface area contributed by atoms with Gasteiger partial charge in [-0.25, -0.2) is 26.3 Å². The maximum absolute atomic E-state index is 13.5. The van der Waals surface area contributed by atoms with E-state index >= 15 is 0 Å². The summed E-state index contributed by atoms with van der Waals surface area (Å²) in [6.45, 7) is 3.20. The highest BCUT2D eigenvalue weighted by Gasteiger charge is 2.25. The Morgan fingerprint density at radius 3 is 1.89 bits per heavy atom. The SMILES string of the molecule is [CH2]Cc1c(F)c(F)c(F)c2c(F)cc(F)c(F)c12. The molecule has 0 nitrogen and oxygen atoms in total. The minimum Gasteiger partial charge on any atom is -0.206 e. The van der Waals surface area contributed by atoms with Crippen molar-refractivity contribution in [2.75, 3.05) is 0 Å². The zero-order valence-electron chi connectivity index (χ0n) is 8.76. The number of halogens is 6. The van der Waals surface area contributed by atoms with E-state index in [2.05, 4.69) is 6.92 Å². The van der Waals surface area contributed by atoms with E-state index in [1.54, 1.807) is 0 Å². The molecule has 2 aromatic carbocycles. The zero-order chi connectivity index (χ0) is 13.6. The summed E-state index contributed by atoms with van der Waals surface area (Å²) >= 11 is 0. The van der Waals surface area contributed by atoms with Crippen LogP contribution in [0.25, 0.3) is 10.8 Å². The molecule has 95 valence electrons. The molecule has 0 fully saturated rings. The highest BCUT2D eigenvalue weighted by atomic mass is 19.2. The first-order valence-electron chi connectivity index (χ1n) is 4.81. The minimum atomic E-state index is -1.94. The summed E-state index contributed by atoms with van der Waals surface area (Å²) in [5, 5.41) is -2.08. The van der Waals surface area contributed by atoms with Gasteiger partial charge < -0.3 is 0 Å². The Hall–Kier alpha value is -1.72. The monoisotopic (exact) mass is 263 g/mol. The van der Waals surface area contributed by atoms with Crippen LogP contribution in [0.5, 0.6) is 0 Å². The van der Waals surface area contributed by atoms with Gasteiger partial charge in [-0.2, -0.15) is 0 Å². The highest BCUT2D eigenvalue weighted by molar-refractivity contribution is 5.88. The molecule has 0 aliphatic rings. The lowest BCUT2D eigenvalue weighted by atomic mass is 9.99. The van der Waals surface area contributed by atoms with Crippen LogP contribution in [-0.2, 0) is 6.42 Å². The average Bonchev–Trinajstić information content (AvgIpc) is 2.33. The summed E-state index contributed by atoms with van der Waals surface area (Å²) in [5.41, 5.74) is -0.709. The van der Waals surface area contributed by atoms with Crippen molar-refractivity contribution < 1.29 is 26.3 Å².